The van der Waals surface area contributed by atoms with Gasteiger partial charge in [-0.1, -0.05) is 0 Å². The average molecular weight is 207 g/mol. The summed E-state index contributed by atoms with van der Waals surface area (Å²) in [5.41, 5.74) is 7.71. The number of ether oxygens (including phenoxy) is 1. The van der Waals surface area contributed by atoms with E-state index in [1.807, 2.05) is 12.3 Å². The normalized spacial score (nSPS) is 21.7. The van der Waals surface area contributed by atoms with Crippen LogP contribution in [0.5, 0.6) is 0 Å². The summed E-state index contributed by atoms with van der Waals surface area (Å²) in [6, 6.07) is 4.51. The predicted molar refractivity (Wildman–Crippen MR) is 59.8 cm³/mol. The molecule has 1 aromatic rings. The summed E-state index contributed by atoms with van der Waals surface area (Å²) in [6.07, 6.45) is 1.82. The van der Waals surface area contributed by atoms with Gasteiger partial charge in [0.15, 0.2) is 0 Å². The molecular weight excluding hydrogens is 190 g/mol. The highest BCUT2D eigenvalue weighted by atomic mass is 16.5. The van der Waals surface area contributed by atoms with Gasteiger partial charge in [-0.25, -0.2) is 0 Å². The summed E-state index contributed by atoms with van der Waals surface area (Å²) >= 11 is 0. The predicted octanol–water partition coefficient (Wildman–Crippen LogP) is 0.765. The molecule has 0 radical (unpaired) electrons. The lowest BCUT2D eigenvalue weighted by Gasteiger charge is -2.35. The van der Waals surface area contributed by atoms with Crippen molar-refractivity contribution in [2.24, 2.45) is 5.73 Å². The molecule has 1 saturated heterocycles. The van der Waals surface area contributed by atoms with E-state index in [2.05, 4.69) is 22.9 Å². The number of pyridine rings is 1. The lowest BCUT2D eigenvalue weighted by molar-refractivity contribution is 0.0989. The highest BCUT2D eigenvalue weighted by molar-refractivity contribution is 5.47. The number of rotatable bonds is 2. The summed E-state index contributed by atoms with van der Waals surface area (Å²) in [5.74, 6) is 0. The topological polar surface area (TPSA) is 51.4 Å². The van der Waals surface area contributed by atoms with E-state index in [9.17, 15) is 0 Å². The average Bonchev–Trinajstić information content (AvgIpc) is 2.30. The smallest absolute Gasteiger partial charge is 0.0668 e. The molecule has 1 atom stereocenters. The first-order valence-corrected chi connectivity index (χ1v) is 5.30. The molecule has 1 aliphatic heterocycles. The van der Waals surface area contributed by atoms with E-state index in [0.29, 0.717) is 12.6 Å². The zero-order chi connectivity index (χ0) is 10.7. The lowest BCUT2D eigenvalue weighted by atomic mass is 10.2. The summed E-state index contributed by atoms with van der Waals surface area (Å²) in [5, 5.41) is 0. The summed E-state index contributed by atoms with van der Waals surface area (Å²) in [4.78, 5) is 6.53. The molecule has 82 valence electrons. The van der Waals surface area contributed by atoms with Crippen LogP contribution in [0.4, 0.5) is 5.69 Å². The van der Waals surface area contributed by atoms with E-state index < -0.39 is 0 Å². The van der Waals surface area contributed by atoms with E-state index in [1.165, 1.54) is 5.69 Å². The minimum absolute atomic E-state index is 0.423. The summed E-state index contributed by atoms with van der Waals surface area (Å²) in [7, 11) is 0. The Morgan fingerprint density at radius 2 is 2.53 bits per heavy atom. The number of aromatic nitrogens is 1. The maximum absolute atomic E-state index is 5.58. The second-order valence-corrected chi connectivity index (χ2v) is 3.83. The van der Waals surface area contributed by atoms with Crippen molar-refractivity contribution >= 4 is 5.69 Å². The molecule has 1 fully saturated rings. The molecular formula is C11H17N3O. The second-order valence-electron chi connectivity index (χ2n) is 3.83. The van der Waals surface area contributed by atoms with Crippen LogP contribution in [0.1, 0.15) is 12.6 Å². The molecule has 0 saturated carbocycles. The zero-order valence-corrected chi connectivity index (χ0v) is 9.02. The number of hydrogen-bond donors (Lipinski definition) is 1. The van der Waals surface area contributed by atoms with E-state index in [1.54, 1.807) is 0 Å². The SMILES string of the molecule is CC1COCCN1c1ccnc(CN)c1. The number of hydrogen-bond acceptors (Lipinski definition) is 4. The van der Waals surface area contributed by atoms with Gasteiger partial charge >= 0.3 is 0 Å². The number of anilines is 1. The van der Waals surface area contributed by atoms with Crippen LogP contribution in [0.15, 0.2) is 18.3 Å². The number of nitrogens with zero attached hydrogens (tertiary/aromatic N) is 2. The molecule has 15 heavy (non-hydrogen) atoms. The van der Waals surface area contributed by atoms with Crippen LogP contribution in [-0.2, 0) is 11.3 Å². The van der Waals surface area contributed by atoms with Crippen molar-refractivity contribution in [1.29, 1.82) is 0 Å². The minimum Gasteiger partial charge on any atom is -0.377 e. The Hall–Kier alpha value is -1.13. The van der Waals surface area contributed by atoms with E-state index in [0.717, 1.165) is 25.5 Å². The Kier molecular flexibility index (Phi) is 3.18. The third-order valence-corrected chi connectivity index (χ3v) is 2.71. The highest BCUT2D eigenvalue weighted by Crippen LogP contribution is 2.19. The molecule has 4 nitrogen and oxygen atoms in total. The first-order chi connectivity index (χ1) is 7.31. The van der Waals surface area contributed by atoms with Crippen LogP contribution in [0.2, 0.25) is 0 Å². The molecule has 1 unspecified atom stereocenters. The van der Waals surface area contributed by atoms with Crippen molar-refractivity contribution in [1.82, 2.24) is 4.98 Å². The van der Waals surface area contributed by atoms with Crippen LogP contribution in [0.25, 0.3) is 0 Å². The van der Waals surface area contributed by atoms with Gasteiger partial charge in [-0.2, -0.15) is 0 Å². The summed E-state index contributed by atoms with van der Waals surface area (Å²) < 4.78 is 5.41. The van der Waals surface area contributed by atoms with Gasteiger partial charge in [0.2, 0.25) is 0 Å². The fraction of sp³-hybridized carbons (Fsp3) is 0.545. The molecule has 0 amide bonds. The molecule has 2 heterocycles. The quantitative estimate of drug-likeness (QED) is 0.778. The van der Waals surface area contributed by atoms with Gasteiger partial charge in [0.05, 0.1) is 18.9 Å². The van der Waals surface area contributed by atoms with Gasteiger partial charge in [0.1, 0.15) is 0 Å². The number of nitrogens with two attached hydrogens (primary N) is 1. The Balaban J connectivity index is 2.19. The maximum atomic E-state index is 5.58. The van der Waals surface area contributed by atoms with Gasteiger partial charge < -0.3 is 15.4 Å². The van der Waals surface area contributed by atoms with Crippen molar-refractivity contribution in [2.45, 2.75) is 19.5 Å². The second kappa shape index (κ2) is 4.59. The van der Waals surface area contributed by atoms with Crippen molar-refractivity contribution in [3.8, 4) is 0 Å². The summed E-state index contributed by atoms with van der Waals surface area (Å²) in [6.45, 7) is 5.19. The Morgan fingerprint density at radius 1 is 1.67 bits per heavy atom. The third kappa shape index (κ3) is 2.27. The largest absolute Gasteiger partial charge is 0.377 e. The number of morpholine rings is 1. The first kappa shape index (κ1) is 10.4. The van der Waals surface area contributed by atoms with Crippen molar-refractivity contribution in [3.05, 3.63) is 24.0 Å². The monoisotopic (exact) mass is 207 g/mol. The van der Waals surface area contributed by atoms with E-state index >= 15 is 0 Å². The van der Waals surface area contributed by atoms with Crippen LogP contribution in [-0.4, -0.2) is 30.8 Å². The molecule has 0 aliphatic carbocycles. The fourth-order valence-corrected chi connectivity index (χ4v) is 1.87. The third-order valence-electron chi connectivity index (χ3n) is 2.71. The molecule has 1 aromatic heterocycles. The van der Waals surface area contributed by atoms with Crippen LogP contribution >= 0.6 is 0 Å². The van der Waals surface area contributed by atoms with Gasteiger partial charge in [-0.05, 0) is 19.1 Å². The van der Waals surface area contributed by atoms with E-state index in [4.69, 9.17) is 10.5 Å². The Labute approximate surface area is 90.0 Å². The first-order valence-electron chi connectivity index (χ1n) is 5.30. The van der Waals surface area contributed by atoms with Gasteiger partial charge in [-0.3, -0.25) is 4.98 Å². The molecule has 0 spiro atoms. The van der Waals surface area contributed by atoms with Gasteiger partial charge in [0.25, 0.3) is 0 Å². The lowest BCUT2D eigenvalue weighted by Crippen LogP contribution is -2.43. The molecule has 2 rings (SSSR count). The van der Waals surface area contributed by atoms with Crippen molar-refractivity contribution in [3.63, 3.8) is 0 Å². The zero-order valence-electron chi connectivity index (χ0n) is 9.02. The molecule has 4 heteroatoms. The van der Waals surface area contributed by atoms with Crippen molar-refractivity contribution in [2.75, 3.05) is 24.7 Å². The fourth-order valence-electron chi connectivity index (χ4n) is 1.87. The van der Waals surface area contributed by atoms with Crippen molar-refractivity contribution < 1.29 is 4.74 Å². The van der Waals surface area contributed by atoms with Crippen LogP contribution < -0.4 is 10.6 Å². The standard InChI is InChI=1S/C11H17N3O/c1-9-8-15-5-4-14(9)11-2-3-13-10(6-11)7-12/h2-3,6,9H,4-5,7-8,12H2,1H3. The van der Waals surface area contributed by atoms with Gasteiger partial charge in [-0.15, -0.1) is 0 Å². The molecule has 1 aliphatic rings. The molecule has 0 aromatic carbocycles. The molecule has 0 bridgehead atoms. The van der Waals surface area contributed by atoms with Crippen LogP contribution in [0, 0.1) is 0 Å². The minimum atomic E-state index is 0.423. The van der Waals surface area contributed by atoms with E-state index in [-0.39, 0.29) is 0 Å². The van der Waals surface area contributed by atoms with Gasteiger partial charge in [0, 0.05) is 31.0 Å². The Bertz CT molecular complexity index is 329. The molecule has 2 N–H and O–H groups in total. The highest BCUT2D eigenvalue weighted by Gasteiger charge is 2.19. The maximum Gasteiger partial charge on any atom is 0.0668 e. The van der Waals surface area contributed by atoms with Crippen LogP contribution in [0.3, 0.4) is 0 Å². The Morgan fingerprint density at radius 3 is 3.27 bits per heavy atom.